The third-order valence-corrected chi connectivity index (χ3v) is 26.7. The van der Waals surface area contributed by atoms with Crippen LogP contribution in [0, 0.1) is 35.5 Å². The lowest BCUT2D eigenvalue weighted by molar-refractivity contribution is -0.128. The Bertz CT molecular complexity index is 5030. The SMILES string of the molecule is CC(=O)N1CC[C@H](NCC(CC2=C(O)C(=O)CC=N2)c2ccc(C#Cc3ccc(CN4CCOCC4)cc3)cc2)C1.O=C1CC=NC(CC(CN[C@@H]2CCS(=O)(=O)C2)c2ccc(C#Cc3ccc(CN4CCOCC4)cc3)cc2)=C1O.O=C1CC=NC(CC(CN[C@H]2CCS(=O)(=O)C2)c2ccc(C#Cc3ccc(CN4CCOCC4)cc3)cc2)=C1O. The number of hydrogen-bond acceptors (Lipinski definition) is 23. The fourth-order valence-electron chi connectivity index (χ4n) is 15.9. The van der Waals surface area contributed by atoms with Crippen molar-refractivity contribution >= 4 is 61.6 Å². The lowest BCUT2D eigenvalue weighted by Crippen LogP contribution is -2.36. The minimum atomic E-state index is -3.00. The van der Waals surface area contributed by atoms with E-state index in [4.69, 9.17) is 14.2 Å². The van der Waals surface area contributed by atoms with Crippen LogP contribution in [0.1, 0.15) is 149 Å². The van der Waals surface area contributed by atoms with Crippen molar-refractivity contribution in [3.8, 4) is 35.5 Å². The van der Waals surface area contributed by atoms with E-state index in [2.05, 4.69) is 142 Å². The molecule has 0 aliphatic carbocycles. The zero-order valence-corrected chi connectivity index (χ0v) is 70.3. The molecular formula is C95H108N10O14S2. The average molecular weight is 1680 g/mol. The summed E-state index contributed by atoms with van der Waals surface area (Å²) in [6.45, 7) is 18.0. The number of amides is 1. The molecule has 0 saturated carbocycles. The van der Waals surface area contributed by atoms with Gasteiger partial charge in [0.05, 0.1) is 79.7 Å². The number of nitrogens with one attached hydrogen (secondary N) is 3. The van der Waals surface area contributed by atoms with Crippen molar-refractivity contribution in [2.75, 3.05) is 135 Å². The number of aliphatic imine (C=N–C) groups is 3. The Hall–Kier alpha value is -10.4. The molecule has 6 aromatic carbocycles. The van der Waals surface area contributed by atoms with E-state index < -0.39 is 19.7 Å². The zero-order valence-electron chi connectivity index (χ0n) is 68.7. The van der Waals surface area contributed by atoms with Crippen LogP contribution in [0.4, 0.5) is 0 Å². The number of aliphatic hydroxyl groups is 3. The lowest BCUT2D eigenvalue weighted by Gasteiger charge is -2.26. The molecule has 0 bridgehead atoms. The highest BCUT2D eigenvalue weighted by Crippen LogP contribution is 2.32. The molecule has 9 aliphatic rings. The van der Waals surface area contributed by atoms with E-state index in [0.717, 1.165) is 162 Å². The molecule has 6 fully saturated rings. The van der Waals surface area contributed by atoms with Crippen LogP contribution in [0.25, 0.3) is 0 Å². The Morgan fingerprint density at radius 3 is 0.934 bits per heavy atom. The van der Waals surface area contributed by atoms with Gasteiger partial charge in [-0.25, -0.2) is 16.8 Å². The van der Waals surface area contributed by atoms with Crippen LogP contribution in [-0.2, 0) is 72.7 Å². The third-order valence-electron chi connectivity index (χ3n) is 23.2. The molecule has 26 heteroatoms. The van der Waals surface area contributed by atoms with Crippen molar-refractivity contribution in [2.24, 2.45) is 15.0 Å². The van der Waals surface area contributed by atoms with Gasteiger partial charge in [0.1, 0.15) is 0 Å². The number of benzene rings is 6. The van der Waals surface area contributed by atoms with Crippen molar-refractivity contribution in [1.29, 1.82) is 0 Å². The first-order valence-corrected chi connectivity index (χ1v) is 45.6. The van der Waals surface area contributed by atoms with E-state index in [1.807, 2.05) is 89.8 Å². The summed E-state index contributed by atoms with van der Waals surface area (Å²) in [5.41, 5.74) is 13.6. The van der Waals surface area contributed by atoms with Gasteiger partial charge in [0.15, 0.2) is 37.0 Å². The number of carbonyl (C=O) groups excluding carboxylic acids is 4. The average Bonchev–Trinajstić information content (AvgIpc) is 1.74. The molecule has 0 spiro atoms. The topological polar surface area (TPSA) is 311 Å². The molecule has 121 heavy (non-hydrogen) atoms. The first-order chi connectivity index (χ1) is 58.6. The summed E-state index contributed by atoms with van der Waals surface area (Å²) >= 11 is 0. The fraction of sp³-hybridized carbons (Fsp3) is 0.421. The Morgan fingerprint density at radius 2 is 0.678 bits per heavy atom. The molecule has 1 amide bonds. The molecule has 6 aromatic rings. The van der Waals surface area contributed by atoms with Crippen LogP contribution in [0.3, 0.4) is 0 Å². The number of allylic oxidation sites excluding steroid dienone is 6. The Labute approximate surface area is 710 Å². The maximum absolute atomic E-state index is 12.1. The second-order valence-electron chi connectivity index (χ2n) is 32.2. The summed E-state index contributed by atoms with van der Waals surface area (Å²) in [6, 6.07) is 49.1. The van der Waals surface area contributed by atoms with Crippen LogP contribution in [0.5, 0.6) is 0 Å². The summed E-state index contributed by atoms with van der Waals surface area (Å²) in [5.74, 6) is 18.2. The van der Waals surface area contributed by atoms with E-state index >= 15 is 0 Å². The minimum Gasteiger partial charge on any atom is -0.503 e. The molecule has 15 rings (SSSR count). The van der Waals surface area contributed by atoms with Gasteiger partial charge in [-0.2, -0.15) is 0 Å². The number of ketones is 3. The Balaban J connectivity index is 0.000000157. The number of morpholine rings is 3. The molecule has 6 atom stereocenters. The zero-order chi connectivity index (χ0) is 84.5. The molecule has 9 heterocycles. The van der Waals surface area contributed by atoms with Gasteiger partial charge in [-0.1, -0.05) is 108 Å². The number of sulfone groups is 2. The second kappa shape index (κ2) is 43.4. The maximum atomic E-state index is 12.1. The number of ether oxygens (including phenoxy) is 3. The summed E-state index contributed by atoms with van der Waals surface area (Å²) < 4.78 is 63.9. The Kier molecular flexibility index (Phi) is 31.7. The van der Waals surface area contributed by atoms with Gasteiger partial charge in [0.25, 0.3) is 0 Å². The summed E-state index contributed by atoms with van der Waals surface area (Å²) in [4.78, 5) is 69.7. The van der Waals surface area contributed by atoms with Crippen LogP contribution in [-0.4, -0.2) is 246 Å². The predicted octanol–water partition coefficient (Wildman–Crippen LogP) is 9.38. The van der Waals surface area contributed by atoms with Crippen molar-refractivity contribution in [3.05, 3.63) is 247 Å². The number of rotatable bonds is 24. The molecule has 9 aliphatic heterocycles. The van der Waals surface area contributed by atoms with Crippen LogP contribution < -0.4 is 16.0 Å². The largest absolute Gasteiger partial charge is 0.503 e. The normalized spacial score (nSPS) is 21.2. The van der Waals surface area contributed by atoms with E-state index in [0.29, 0.717) is 75.4 Å². The van der Waals surface area contributed by atoms with E-state index in [-0.39, 0.29) is 119 Å². The minimum absolute atomic E-state index is 0.0115. The van der Waals surface area contributed by atoms with Crippen LogP contribution in [0.2, 0.25) is 0 Å². The molecule has 6 saturated heterocycles. The van der Waals surface area contributed by atoms with Crippen molar-refractivity contribution in [2.45, 2.75) is 120 Å². The van der Waals surface area contributed by atoms with Crippen molar-refractivity contribution in [3.63, 3.8) is 0 Å². The van der Waals surface area contributed by atoms with E-state index in [1.165, 1.54) is 29.1 Å². The number of hydrogen-bond donors (Lipinski definition) is 6. The highest BCUT2D eigenvalue weighted by atomic mass is 32.2. The molecule has 3 unspecified atom stereocenters. The molecule has 0 aromatic heterocycles. The van der Waals surface area contributed by atoms with Gasteiger partial charge in [0.2, 0.25) is 23.3 Å². The highest BCUT2D eigenvalue weighted by molar-refractivity contribution is 7.92. The second-order valence-corrected chi connectivity index (χ2v) is 36.6. The first kappa shape index (κ1) is 88.4. The van der Waals surface area contributed by atoms with Gasteiger partial charge >= 0.3 is 0 Å². The third kappa shape index (κ3) is 27.1. The van der Waals surface area contributed by atoms with Crippen molar-refractivity contribution < 1.29 is 65.5 Å². The standard InChI is InChI=1S/C33H38N4O4.2C31H35N3O5S/c1-24(38)37-15-13-30(23-37)35-21-29(20-31-33(40)32(39)12-14-34-31)28-10-8-26(9-11-28)3-2-25-4-6-27(7-5-25)22-36-16-18-41-19-17-36;2*35-30-11-13-32-29(31(30)36)19-27(20-33-28-12-18-40(37,38)22-28)26-9-7-24(8-10-26)2-1-23-3-5-25(6-4-23)21-34-14-16-39-17-15-34/h4-11,14,29-30,35,40H,12-13,15-23H2,1H3;2*3-10,13,27-28,33,36H,11-12,14-22H2/t29?,30-;2*27?,28-/m010/s1. The predicted molar refractivity (Wildman–Crippen MR) is 469 cm³/mol. The quantitative estimate of drug-likeness (QED) is 0.0307. The molecule has 634 valence electrons. The van der Waals surface area contributed by atoms with Gasteiger partial charge in [-0.05, 0) is 125 Å². The number of likely N-dealkylation sites (tertiary alicyclic amines) is 1. The van der Waals surface area contributed by atoms with Crippen molar-refractivity contribution in [1.82, 2.24) is 35.6 Å². The molecular weight excluding hydrogens is 1570 g/mol. The van der Waals surface area contributed by atoms with Gasteiger partial charge < -0.3 is 50.4 Å². The maximum Gasteiger partial charge on any atom is 0.219 e. The van der Waals surface area contributed by atoms with Gasteiger partial charge in [0, 0.05) is 225 Å². The molecule has 24 nitrogen and oxygen atoms in total. The number of aliphatic hydroxyl groups excluding tert-OH is 3. The van der Waals surface area contributed by atoms with E-state index in [1.54, 1.807) is 13.1 Å². The summed E-state index contributed by atoms with van der Waals surface area (Å²) in [6.07, 6.45) is 8.19. The Morgan fingerprint density at radius 1 is 0.405 bits per heavy atom. The number of Topliss-reactive ketones (excluding diaryl/α,β-unsaturated/α-hetero) is 3. The van der Waals surface area contributed by atoms with Gasteiger partial charge in [-0.15, -0.1) is 0 Å². The summed E-state index contributed by atoms with van der Waals surface area (Å²) in [5, 5.41) is 41.3. The number of nitrogens with zero attached hydrogens (tertiary/aromatic N) is 7. The smallest absolute Gasteiger partial charge is 0.219 e. The van der Waals surface area contributed by atoms with E-state index in [9.17, 15) is 51.3 Å². The summed E-state index contributed by atoms with van der Waals surface area (Å²) in [7, 11) is -5.99. The lowest BCUT2D eigenvalue weighted by atomic mass is 9.91. The molecule has 0 radical (unpaired) electrons. The highest BCUT2D eigenvalue weighted by Gasteiger charge is 2.33. The monoisotopic (exact) mass is 1680 g/mol. The van der Waals surface area contributed by atoms with Crippen LogP contribution >= 0.6 is 0 Å². The fourth-order valence-corrected chi connectivity index (χ4v) is 19.3. The van der Waals surface area contributed by atoms with Crippen LogP contribution in [0.15, 0.2) is 195 Å². The molecule has 6 N–H and O–H groups in total. The first-order valence-electron chi connectivity index (χ1n) is 42.0. The number of carbonyl (C=O) groups is 4. The van der Waals surface area contributed by atoms with Gasteiger partial charge in [-0.3, -0.25) is 48.9 Å².